The molecule has 0 spiro atoms. The molecule has 112 valence electrons. The number of rotatable bonds is 8. The second kappa shape index (κ2) is 7.82. The Morgan fingerprint density at radius 3 is 2.84 bits per heavy atom. The van der Waals surface area contributed by atoms with Crippen molar-refractivity contribution in [2.24, 2.45) is 0 Å². The van der Waals surface area contributed by atoms with Gasteiger partial charge in [0.05, 0.1) is 6.10 Å². The molecule has 5 nitrogen and oxygen atoms in total. The van der Waals surface area contributed by atoms with Crippen LogP contribution in [0.4, 0.5) is 0 Å². The van der Waals surface area contributed by atoms with E-state index in [-0.39, 0.29) is 6.10 Å². The molecular weight excluding hydrogens is 244 g/mol. The van der Waals surface area contributed by atoms with Crippen molar-refractivity contribution in [1.82, 2.24) is 10.2 Å². The van der Waals surface area contributed by atoms with E-state index in [1.54, 1.807) is 6.92 Å². The van der Waals surface area contributed by atoms with Crippen LogP contribution in [0.5, 0.6) is 0 Å². The van der Waals surface area contributed by atoms with Crippen LogP contribution in [0.15, 0.2) is 0 Å². The third-order valence-corrected chi connectivity index (χ3v) is 3.60. The highest BCUT2D eigenvalue weighted by atomic mass is 16.5. The molecule has 0 aromatic rings. The molecule has 2 unspecified atom stereocenters. The van der Waals surface area contributed by atoms with E-state index in [1.165, 1.54) is 0 Å². The topological polar surface area (TPSA) is 61.8 Å². The maximum absolute atomic E-state index is 11.4. The van der Waals surface area contributed by atoms with Crippen LogP contribution in [0, 0.1) is 0 Å². The number of aliphatic carboxylic acids is 1. The third-order valence-electron chi connectivity index (χ3n) is 3.60. The van der Waals surface area contributed by atoms with Gasteiger partial charge in [0, 0.05) is 19.7 Å². The van der Waals surface area contributed by atoms with E-state index in [0.29, 0.717) is 13.1 Å². The Labute approximate surface area is 116 Å². The summed E-state index contributed by atoms with van der Waals surface area (Å²) in [6.07, 6.45) is 3.45. The summed E-state index contributed by atoms with van der Waals surface area (Å²) >= 11 is 0. The minimum absolute atomic E-state index is 0.258. The lowest BCUT2D eigenvalue weighted by Gasteiger charge is -2.37. The largest absolute Gasteiger partial charge is 0.480 e. The molecule has 0 aromatic heterocycles. The molecule has 0 amide bonds. The van der Waals surface area contributed by atoms with Crippen molar-refractivity contribution < 1.29 is 14.6 Å². The number of hydrogen-bond donors (Lipinski definition) is 2. The predicted molar refractivity (Wildman–Crippen MR) is 75.4 cm³/mol. The van der Waals surface area contributed by atoms with Crippen LogP contribution in [0.25, 0.3) is 0 Å². The average Bonchev–Trinajstić information content (AvgIpc) is 2.37. The van der Waals surface area contributed by atoms with Gasteiger partial charge in [0.15, 0.2) is 0 Å². The van der Waals surface area contributed by atoms with E-state index in [0.717, 1.165) is 39.0 Å². The van der Waals surface area contributed by atoms with Crippen molar-refractivity contribution in [2.45, 2.75) is 51.7 Å². The summed E-state index contributed by atoms with van der Waals surface area (Å²) in [6, 6.07) is 0. The van der Waals surface area contributed by atoms with Gasteiger partial charge >= 0.3 is 5.97 Å². The molecular formula is C14H28N2O3. The van der Waals surface area contributed by atoms with Crippen LogP contribution in [0.1, 0.15) is 40.0 Å². The monoisotopic (exact) mass is 272 g/mol. The number of nitrogens with zero attached hydrogens (tertiary/aromatic N) is 1. The van der Waals surface area contributed by atoms with Crippen LogP contribution in [0.2, 0.25) is 0 Å². The fourth-order valence-electron chi connectivity index (χ4n) is 2.61. The number of likely N-dealkylation sites (N-methyl/N-ethyl adjacent to an activating group) is 1. The van der Waals surface area contributed by atoms with E-state index in [9.17, 15) is 9.90 Å². The number of carbonyl (C=O) groups is 1. The normalized spacial score (nSPS) is 24.1. The molecule has 1 heterocycles. The highest BCUT2D eigenvalue weighted by Gasteiger charge is 2.35. The average molecular weight is 272 g/mol. The van der Waals surface area contributed by atoms with Crippen LogP contribution in [-0.2, 0) is 9.53 Å². The van der Waals surface area contributed by atoms with E-state index < -0.39 is 11.5 Å². The first-order valence-electron chi connectivity index (χ1n) is 7.34. The lowest BCUT2D eigenvalue weighted by atomic mass is 9.99. The van der Waals surface area contributed by atoms with Gasteiger partial charge in [0.1, 0.15) is 5.54 Å². The zero-order valence-corrected chi connectivity index (χ0v) is 12.4. The van der Waals surface area contributed by atoms with Gasteiger partial charge in [-0.2, -0.15) is 0 Å². The molecule has 2 atom stereocenters. The summed E-state index contributed by atoms with van der Waals surface area (Å²) in [4.78, 5) is 13.6. The van der Waals surface area contributed by atoms with Crippen molar-refractivity contribution in [3.05, 3.63) is 0 Å². The third kappa shape index (κ3) is 5.09. The molecule has 1 aliphatic heterocycles. The Balaban J connectivity index is 2.52. The molecule has 1 saturated heterocycles. The van der Waals surface area contributed by atoms with Crippen molar-refractivity contribution in [3.8, 4) is 0 Å². The standard InChI is InChI=1S/C14H28N2O3/c1-4-9-19-12-7-6-8-16(10-12)11-14(3,13(17)18)15-5-2/h12,15H,4-11H2,1-3H3,(H,17,18). The number of likely N-dealkylation sites (tertiary alicyclic amines) is 1. The maximum Gasteiger partial charge on any atom is 0.324 e. The van der Waals surface area contributed by atoms with Crippen molar-refractivity contribution in [3.63, 3.8) is 0 Å². The maximum atomic E-state index is 11.4. The summed E-state index contributed by atoms with van der Waals surface area (Å²) in [6.45, 7) is 9.58. The van der Waals surface area contributed by atoms with Crippen LogP contribution in [-0.4, -0.2) is 60.4 Å². The molecule has 5 heteroatoms. The molecule has 1 fully saturated rings. The fraction of sp³-hybridized carbons (Fsp3) is 0.929. The summed E-state index contributed by atoms with van der Waals surface area (Å²) in [5.41, 5.74) is -0.874. The summed E-state index contributed by atoms with van der Waals surface area (Å²) in [5.74, 6) is -0.786. The first-order chi connectivity index (χ1) is 9.01. The number of nitrogens with one attached hydrogen (secondary N) is 1. The Morgan fingerprint density at radius 1 is 1.53 bits per heavy atom. The SMILES string of the molecule is CCCOC1CCCN(CC(C)(NCC)C(=O)O)C1. The van der Waals surface area contributed by atoms with Gasteiger partial charge in [0.25, 0.3) is 0 Å². The second-order valence-electron chi connectivity index (χ2n) is 5.54. The van der Waals surface area contributed by atoms with E-state index >= 15 is 0 Å². The first kappa shape index (κ1) is 16.4. The summed E-state index contributed by atoms with van der Waals surface area (Å²) in [5, 5.41) is 12.5. The predicted octanol–water partition coefficient (Wildman–Crippen LogP) is 1.33. The van der Waals surface area contributed by atoms with Gasteiger partial charge < -0.3 is 15.2 Å². The van der Waals surface area contributed by atoms with Gasteiger partial charge in [-0.15, -0.1) is 0 Å². The van der Waals surface area contributed by atoms with Gasteiger partial charge in [-0.1, -0.05) is 13.8 Å². The highest BCUT2D eigenvalue weighted by Crippen LogP contribution is 2.17. The van der Waals surface area contributed by atoms with Crippen LogP contribution >= 0.6 is 0 Å². The number of ether oxygens (including phenoxy) is 1. The molecule has 0 aromatic carbocycles. The molecule has 1 rings (SSSR count). The number of carboxylic acid groups (broad SMARTS) is 1. The smallest absolute Gasteiger partial charge is 0.324 e. The lowest BCUT2D eigenvalue weighted by Crippen LogP contribution is -2.58. The minimum atomic E-state index is -0.874. The van der Waals surface area contributed by atoms with E-state index in [4.69, 9.17) is 4.74 Å². The molecule has 1 aliphatic rings. The van der Waals surface area contributed by atoms with E-state index in [1.807, 2.05) is 6.92 Å². The molecule has 0 bridgehead atoms. The quantitative estimate of drug-likeness (QED) is 0.698. The zero-order valence-electron chi connectivity index (χ0n) is 12.4. The van der Waals surface area contributed by atoms with Gasteiger partial charge in [0.2, 0.25) is 0 Å². The van der Waals surface area contributed by atoms with E-state index in [2.05, 4.69) is 17.1 Å². The second-order valence-corrected chi connectivity index (χ2v) is 5.54. The Morgan fingerprint density at radius 2 is 2.26 bits per heavy atom. The Bertz CT molecular complexity index is 286. The first-order valence-corrected chi connectivity index (χ1v) is 7.34. The highest BCUT2D eigenvalue weighted by molar-refractivity contribution is 5.78. The van der Waals surface area contributed by atoms with Crippen LogP contribution in [0.3, 0.4) is 0 Å². The summed E-state index contributed by atoms with van der Waals surface area (Å²) < 4.78 is 5.79. The minimum Gasteiger partial charge on any atom is -0.480 e. The molecule has 0 saturated carbocycles. The number of hydrogen-bond acceptors (Lipinski definition) is 4. The van der Waals surface area contributed by atoms with Crippen molar-refractivity contribution >= 4 is 5.97 Å². The number of piperidine rings is 1. The number of carboxylic acids is 1. The Kier molecular flexibility index (Phi) is 6.75. The molecule has 0 aliphatic carbocycles. The van der Waals surface area contributed by atoms with Gasteiger partial charge in [-0.05, 0) is 39.3 Å². The molecule has 2 N–H and O–H groups in total. The zero-order chi connectivity index (χ0) is 14.3. The molecule has 0 radical (unpaired) electrons. The van der Waals surface area contributed by atoms with Gasteiger partial charge in [-0.3, -0.25) is 9.69 Å². The fourth-order valence-corrected chi connectivity index (χ4v) is 2.61. The molecule has 19 heavy (non-hydrogen) atoms. The van der Waals surface area contributed by atoms with Crippen LogP contribution < -0.4 is 5.32 Å². The summed E-state index contributed by atoms with van der Waals surface area (Å²) in [7, 11) is 0. The van der Waals surface area contributed by atoms with Gasteiger partial charge in [-0.25, -0.2) is 0 Å². The van der Waals surface area contributed by atoms with Crippen molar-refractivity contribution in [2.75, 3.05) is 32.8 Å². The lowest BCUT2D eigenvalue weighted by molar-refractivity contribution is -0.145. The Hall–Kier alpha value is -0.650. The van der Waals surface area contributed by atoms with Crippen molar-refractivity contribution in [1.29, 1.82) is 0 Å².